The van der Waals surface area contributed by atoms with Crippen molar-refractivity contribution in [3.63, 3.8) is 0 Å². The normalized spacial score (nSPS) is 10.3. The fraction of sp³-hybridized carbons (Fsp3) is 0.182. The molecule has 2 rings (SSSR count). The molecular weight excluding hydrogens is 192 g/mol. The van der Waals surface area contributed by atoms with Gasteiger partial charge in [0.2, 0.25) is 0 Å². The second kappa shape index (κ2) is 3.65. The molecule has 2 amide bonds. The number of hydrogen-bond acceptors (Lipinski definition) is 2. The van der Waals surface area contributed by atoms with E-state index in [0.717, 1.165) is 22.4 Å². The summed E-state index contributed by atoms with van der Waals surface area (Å²) in [7, 11) is 1.58. The van der Waals surface area contributed by atoms with Gasteiger partial charge in [0.15, 0.2) is 0 Å². The molecule has 0 radical (unpaired) electrons. The van der Waals surface area contributed by atoms with Crippen LogP contribution in [-0.2, 0) is 0 Å². The lowest BCUT2D eigenvalue weighted by Gasteiger charge is -2.04. The molecule has 0 saturated heterocycles. The van der Waals surface area contributed by atoms with Crippen LogP contribution in [0, 0.1) is 6.92 Å². The Balaban J connectivity index is 2.46. The molecule has 78 valence electrons. The summed E-state index contributed by atoms with van der Waals surface area (Å²) in [6.45, 7) is 1.88. The van der Waals surface area contributed by atoms with E-state index in [2.05, 4.69) is 10.6 Å². The van der Waals surface area contributed by atoms with Gasteiger partial charge in [0, 0.05) is 12.4 Å². The first kappa shape index (κ1) is 9.58. The first-order chi connectivity index (χ1) is 7.20. The number of furan rings is 1. The largest absolute Gasteiger partial charge is 0.461 e. The second-order valence-corrected chi connectivity index (χ2v) is 3.28. The van der Waals surface area contributed by atoms with E-state index in [0.29, 0.717) is 0 Å². The van der Waals surface area contributed by atoms with Crippen molar-refractivity contribution in [1.29, 1.82) is 0 Å². The highest BCUT2D eigenvalue weighted by molar-refractivity contribution is 6.00. The van der Waals surface area contributed by atoms with Crippen molar-refractivity contribution in [3.05, 3.63) is 30.0 Å². The Morgan fingerprint density at radius 3 is 2.93 bits per heavy atom. The van der Waals surface area contributed by atoms with E-state index in [1.807, 2.05) is 31.2 Å². The summed E-state index contributed by atoms with van der Waals surface area (Å²) in [6.07, 6.45) is 0. The van der Waals surface area contributed by atoms with Gasteiger partial charge in [-0.3, -0.25) is 0 Å². The van der Waals surface area contributed by atoms with Crippen molar-refractivity contribution in [1.82, 2.24) is 5.32 Å². The minimum Gasteiger partial charge on any atom is -0.461 e. The first-order valence-corrected chi connectivity index (χ1v) is 4.68. The number of nitrogens with one attached hydrogen (secondary N) is 2. The maximum absolute atomic E-state index is 11.2. The number of fused-ring (bicyclic) bond motifs is 1. The van der Waals surface area contributed by atoms with Crippen LogP contribution in [0.25, 0.3) is 11.0 Å². The van der Waals surface area contributed by atoms with E-state index in [1.165, 1.54) is 0 Å². The minimum absolute atomic E-state index is 0.235. The Hall–Kier alpha value is -1.97. The van der Waals surface area contributed by atoms with Gasteiger partial charge in [-0.2, -0.15) is 0 Å². The van der Waals surface area contributed by atoms with Crippen LogP contribution in [0.4, 0.5) is 10.5 Å². The van der Waals surface area contributed by atoms with E-state index in [4.69, 9.17) is 4.42 Å². The number of carbonyl (C=O) groups is 1. The quantitative estimate of drug-likeness (QED) is 0.749. The summed E-state index contributed by atoms with van der Waals surface area (Å²) in [5.41, 5.74) is 1.53. The Labute approximate surface area is 87.3 Å². The molecular formula is C11H12N2O2. The van der Waals surface area contributed by atoms with Crippen molar-refractivity contribution in [3.8, 4) is 0 Å². The van der Waals surface area contributed by atoms with Crippen LogP contribution in [-0.4, -0.2) is 13.1 Å². The maximum atomic E-state index is 11.2. The van der Waals surface area contributed by atoms with E-state index in [-0.39, 0.29) is 6.03 Å². The van der Waals surface area contributed by atoms with Gasteiger partial charge in [-0.1, -0.05) is 6.07 Å². The van der Waals surface area contributed by atoms with Crippen LogP contribution in [0.15, 0.2) is 28.7 Å². The molecule has 15 heavy (non-hydrogen) atoms. The lowest BCUT2D eigenvalue weighted by Crippen LogP contribution is -2.24. The van der Waals surface area contributed by atoms with E-state index in [9.17, 15) is 4.79 Å². The molecule has 4 heteroatoms. The summed E-state index contributed by atoms with van der Waals surface area (Å²) >= 11 is 0. The second-order valence-electron chi connectivity index (χ2n) is 3.28. The smallest absolute Gasteiger partial charge is 0.318 e. The van der Waals surface area contributed by atoms with Crippen molar-refractivity contribution in [2.24, 2.45) is 0 Å². The van der Waals surface area contributed by atoms with E-state index >= 15 is 0 Å². The molecule has 0 unspecified atom stereocenters. The lowest BCUT2D eigenvalue weighted by atomic mass is 10.2. The van der Waals surface area contributed by atoms with Crippen LogP contribution >= 0.6 is 0 Å². The molecule has 1 aromatic carbocycles. The van der Waals surface area contributed by atoms with Crippen LogP contribution < -0.4 is 10.6 Å². The van der Waals surface area contributed by atoms with Crippen LogP contribution in [0.5, 0.6) is 0 Å². The van der Waals surface area contributed by atoms with Gasteiger partial charge in [0.05, 0.1) is 5.69 Å². The zero-order chi connectivity index (χ0) is 10.8. The predicted molar refractivity (Wildman–Crippen MR) is 59.0 cm³/mol. The Kier molecular flexibility index (Phi) is 2.33. The number of carbonyl (C=O) groups excluding carboxylic acids is 1. The minimum atomic E-state index is -0.235. The highest BCUT2D eigenvalue weighted by atomic mass is 16.3. The highest BCUT2D eigenvalue weighted by Crippen LogP contribution is 2.26. The van der Waals surface area contributed by atoms with Crippen LogP contribution in [0.2, 0.25) is 0 Å². The number of anilines is 1. The Morgan fingerprint density at radius 1 is 1.40 bits per heavy atom. The third-order valence-corrected chi connectivity index (χ3v) is 2.16. The molecule has 2 aromatic rings. The molecule has 0 aliphatic heterocycles. The zero-order valence-corrected chi connectivity index (χ0v) is 8.63. The molecule has 1 aromatic heterocycles. The third-order valence-electron chi connectivity index (χ3n) is 2.16. The molecule has 0 bridgehead atoms. The average Bonchev–Trinajstić information content (AvgIpc) is 2.59. The number of urea groups is 1. The molecule has 0 saturated carbocycles. The Morgan fingerprint density at radius 2 is 2.20 bits per heavy atom. The molecule has 2 N–H and O–H groups in total. The number of rotatable bonds is 1. The lowest BCUT2D eigenvalue weighted by molar-refractivity contribution is 0.254. The first-order valence-electron chi connectivity index (χ1n) is 4.68. The standard InChI is InChI=1S/C11H12N2O2/c1-7-6-8-9(13-11(14)12-2)4-3-5-10(8)15-7/h3-6H,1-2H3,(H2,12,13,14). The highest BCUT2D eigenvalue weighted by Gasteiger charge is 2.06. The van der Waals surface area contributed by atoms with Gasteiger partial charge >= 0.3 is 6.03 Å². The molecule has 0 aliphatic rings. The van der Waals surface area contributed by atoms with Crippen molar-refractivity contribution < 1.29 is 9.21 Å². The van der Waals surface area contributed by atoms with Crippen molar-refractivity contribution in [2.75, 3.05) is 12.4 Å². The van der Waals surface area contributed by atoms with Gasteiger partial charge < -0.3 is 15.1 Å². The monoisotopic (exact) mass is 204 g/mol. The van der Waals surface area contributed by atoms with E-state index < -0.39 is 0 Å². The topological polar surface area (TPSA) is 54.3 Å². The maximum Gasteiger partial charge on any atom is 0.318 e. The molecule has 1 heterocycles. The van der Waals surface area contributed by atoms with Crippen molar-refractivity contribution >= 4 is 22.7 Å². The third kappa shape index (κ3) is 1.79. The summed E-state index contributed by atoms with van der Waals surface area (Å²) in [4.78, 5) is 11.2. The van der Waals surface area contributed by atoms with Crippen LogP contribution in [0.1, 0.15) is 5.76 Å². The number of aryl methyl sites for hydroxylation is 1. The van der Waals surface area contributed by atoms with Gasteiger partial charge in [-0.25, -0.2) is 4.79 Å². The summed E-state index contributed by atoms with van der Waals surface area (Å²) in [5.74, 6) is 0.830. The predicted octanol–water partition coefficient (Wildman–Crippen LogP) is 2.49. The van der Waals surface area contributed by atoms with Gasteiger partial charge in [-0.15, -0.1) is 0 Å². The Bertz CT molecular complexity index is 502. The molecule has 0 fully saturated rings. The summed E-state index contributed by atoms with van der Waals surface area (Å²) in [5, 5.41) is 6.16. The van der Waals surface area contributed by atoms with E-state index in [1.54, 1.807) is 7.05 Å². The fourth-order valence-electron chi connectivity index (χ4n) is 1.48. The molecule has 0 aliphatic carbocycles. The number of hydrogen-bond donors (Lipinski definition) is 2. The number of benzene rings is 1. The van der Waals surface area contributed by atoms with Crippen molar-refractivity contribution in [2.45, 2.75) is 6.92 Å². The summed E-state index contributed by atoms with van der Waals surface area (Å²) < 4.78 is 5.45. The zero-order valence-electron chi connectivity index (χ0n) is 8.63. The molecule has 4 nitrogen and oxygen atoms in total. The SMILES string of the molecule is CNC(=O)Nc1cccc2oc(C)cc12. The van der Waals surface area contributed by atoms with Gasteiger partial charge in [0.1, 0.15) is 11.3 Å². The molecule has 0 atom stereocenters. The average molecular weight is 204 g/mol. The van der Waals surface area contributed by atoms with Crippen LogP contribution in [0.3, 0.4) is 0 Å². The summed E-state index contributed by atoms with van der Waals surface area (Å²) in [6, 6.07) is 7.22. The van der Waals surface area contributed by atoms with Gasteiger partial charge in [-0.05, 0) is 25.1 Å². The number of amides is 2. The molecule has 0 spiro atoms. The fourth-order valence-corrected chi connectivity index (χ4v) is 1.48. The van der Waals surface area contributed by atoms with Gasteiger partial charge in [0.25, 0.3) is 0 Å².